The van der Waals surface area contributed by atoms with Gasteiger partial charge in [-0.15, -0.1) is 17.9 Å². The topological polar surface area (TPSA) is 46.2 Å². The first kappa shape index (κ1) is 12.0. The Kier molecular flexibility index (Phi) is 3.97. The van der Waals surface area contributed by atoms with Crippen LogP contribution in [0.15, 0.2) is 23.6 Å². The van der Waals surface area contributed by atoms with Crippen LogP contribution in [0.2, 0.25) is 8.67 Å². The molecular formula is C7H7Cl2NO2S2. The largest absolute Gasteiger partial charge is 0.243 e. The van der Waals surface area contributed by atoms with Crippen LogP contribution in [0.5, 0.6) is 0 Å². The molecule has 0 aliphatic heterocycles. The van der Waals surface area contributed by atoms with E-state index in [0.717, 1.165) is 11.3 Å². The van der Waals surface area contributed by atoms with Gasteiger partial charge in [0.1, 0.15) is 9.23 Å². The number of thiophene rings is 1. The molecule has 1 heterocycles. The van der Waals surface area contributed by atoms with Crippen molar-refractivity contribution in [1.29, 1.82) is 0 Å². The highest BCUT2D eigenvalue weighted by Crippen LogP contribution is 2.33. The minimum atomic E-state index is -3.56. The molecule has 0 aromatic carbocycles. The average Bonchev–Trinajstić information content (AvgIpc) is 2.42. The molecule has 1 aromatic rings. The highest BCUT2D eigenvalue weighted by atomic mass is 35.5. The highest BCUT2D eigenvalue weighted by molar-refractivity contribution is 7.89. The number of halogens is 2. The molecular weight excluding hydrogens is 265 g/mol. The van der Waals surface area contributed by atoms with Gasteiger partial charge in [0.05, 0.1) is 4.34 Å². The third-order valence-electron chi connectivity index (χ3n) is 1.33. The second kappa shape index (κ2) is 4.63. The fourth-order valence-electron chi connectivity index (χ4n) is 0.755. The lowest BCUT2D eigenvalue weighted by atomic mass is 10.7. The van der Waals surface area contributed by atoms with E-state index in [1.165, 1.54) is 12.1 Å². The van der Waals surface area contributed by atoms with Crippen LogP contribution in [-0.2, 0) is 10.0 Å². The third-order valence-corrected chi connectivity index (χ3v) is 4.51. The zero-order valence-corrected chi connectivity index (χ0v) is 10.1. The molecule has 0 aliphatic carbocycles. The van der Waals surface area contributed by atoms with Gasteiger partial charge in [-0.1, -0.05) is 29.3 Å². The van der Waals surface area contributed by atoms with E-state index in [2.05, 4.69) is 11.3 Å². The smallest absolute Gasteiger partial charge is 0.207 e. The van der Waals surface area contributed by atoms with Crippen molar-refractivity contribution in [3.8, 4) is 0 Å². The van der Waals surface area contributed by atoms with Crippen LogP contribution in [0.1, 0.15) is 0 Å². The zero-order chi connectivity index (χ0) is 10.8. The standard InChI is InChI=1S/C7H7Cl2NO2S2/c1-2-3-10-14(11,12)5-4-6(8)13-7(5)9/h2,4,10H,1,3H2. The number of nitrogens with one attached hydrogen (secondary N) is 1. The highest BCUT2D eigenvalue weighted by Gasteiger charge is 2.19. The summed E-state index contributed by atoms with van der Waals surface area (Å²) in [6.07, 6.45) is 1.44. The van der Waals surface area contributed by atoms with Gasteiger partial charge in [-0.05, 0) is 6.07 Å². The van der Waals surface area contributed by atoms with Crippen molar-refractivity contribution in [2.75, 3.05) is 6.54 Å². The maximum Gasteiger partial charge on any atom is 0.243 e. The fraction of sp³-hybridized carbons (Fsp3) is 0.143. The molecule has 1 N–H and O–H groups in total. The molecule has 0 saturated heterocycles. The molecule has 0 amide bonds. The fourth-order valence-corrected chi connectivity index (χ4v) is 3.90. The summed E-state index contributed by atoms with van der Waals surface area (Å²) in [6, 6.07) is 1.32. The second-order valence-electron chi connectivity index (χ2n) is 2.33. The summed E-state index contributed by atoms with van der Waals surface area (Å²) in [5.41, 5.74) is 0. The van der Waals surface area contributed by atoms with E-state index >= 15 is 0 Å². The van der Waals surface area contributed by atoms with Crippen LogP contribution >= 0.6 is 34.5 Å². The third kappa shape index (κ3) is 2.71. The molecule has 3 nitrogen and oxygen atoms in total. The molecule has 1 aromatic heterocycles. The molecule has 0 atom stereocenters. The van der Waals surface area contributed by atoms with E-state index in [1.54, 1.807) is 0 Å². The monoisotopic (exact) mass is 271 g/mol. The first-order valence-corrected chi connectivity index (χ1v) is 6.58. The Balaban J connectivity index is 3.03. The minimum absolute atomic E-state index is 0.0102. The Morgan fingerprint density at radius 3 is 2.64 bits per heavy atom. The molecule has 0 saturated carbocycles. The number of rotatable bonds is 4. The lowest BCUT2D eigenvalue weighted by Gasteiger charge is -2.01. The summed E-state index contributed by atoms with van der Waals surface area (Å²) in [5, 5.41) is 0. The molecule has 0 aliphatic rings. The molecule has 14 heavy (non-hydrogen) atoms. The second-order valence-corrected chi connectivity index (χ2v) is 6.35. The van der Waals surface area contributed by atoms with Gasteiger partial charge >= 0.3 is 0 Å². The van der Waals surface area contributed by atoms with E-state index in [4.69, 9.17) is 23.2 Å². The lowest BCUT2D eigenvalue weighted by molar-refractivity contribution is 0.586. The molecule has 0 radical (unpaired) electrons. The van der Waals surface area contributed by atoms with Crippen LogP contribution in [0.4, 0.5) is 0 Å². The maximum atomic E-state index is 11.5. The summed E-state index contributed by atoms with van der Waals surface area (Å²) in [6.45, 7) is 3.56. The van der Waals surface area contributed by atoms with Crippen molar-refractivity contribution in [1.82, 2.24) is 4.72 Å². The Morgan fingerprint density at radius 2 is 2.21 bits per heavy atom. The van der Waals surface area contributed by atoms with Gasteiger partial charge in [-0.3, -0.25) is 0 Å². The molecule has 1 rings (SSSR count). The molecule has 78 valence electrons. The lowest BCUT2D eigenvalue weighted by Crippen LogP contribution is -2.23. The Hall–Kier alpha value is -0.0700. The van der Waals surface area contributed by atoms with Crippen LogP contribution in [-0.4, -0.2) is 15.0 Å². The number of hydrogen-bond acceptors (Lipinski definition) is 3. The van der Waals surface area contributed by atoms with Gasteiger partial charge in [0, 0.05) is 6.54 Å². The molecule has 0 bridgehead atoms. The summed E-state index contributed by atoms with van der Waals surface area (Å²) >= 11 is 12.3. The maximum absolute atomic E-state index is 11.5. The van der Waals surface area contributed by atoms with Gasteiger partial charge in [-0.2, -0.15) is 0 Å². The molecule has 7 heteroatoms. The van der Waals surface area contributed by atoms with Gasteiger partial charge in [-0.25, -0.2) is 13.1 Å². The van der Waals surface area contributed by atoms with Crippen molar-refractivity contribution in [2.45, 2.75) is 4.90 Å². The van der Waals surface area contributed by atoms with E-state index in [1.807, 2.05) is 0 Å². The quantitative estimate of drug-likeness (QED) is 0.856. The Labute approximate surface area is 96.4 Å². The summed E-state index contributed by atoms with van der Waals surface area (Å²) in [4.78, 5) is 0.0102. The summed E-state index contributed by atoms with van der Waals surface area (Å²) in [5.74, 6) is 0. The Morgan fingerprint density at radius 1 is 1.57 bits per heavy atom. The normalized spacial score (nSPS) is 11.6. The van der Waals surface area contributed by atoms with Crippen LogP contribution in [0.3, 0.4) is 0 Å². The molecule has 0 spiro atoms. The van der Waals surface area contributed by atoms with E-state index in [9.17, 15) is 8.42 Å². The zero-order valence-electron chi connectivity index (χ0n) is 6.96. The van der Waals surface area contributed by atoms with E-state index in [-0.39, 0.29) is 15.8 Å². The predicted octanol–water partition coefficient (Wildman–Crippen LogP) is 2.52. The van der Waals surface area contributed by atoms with Crippen molar-refractivity contribution < 1.29 is 8.42 Å². The first-order chi connectivity index (χ1) is 6.47. The van der Waals surface area contributed by atoms with Crippen molar-refractivity contribution in [3.63, 3.8) is 0 Å². The molecule has 0 unspecified atom stereocenters. The predicted molar refractivity (Wildman–Crippen MR) is 59.7 cm³/mol. The van der Waals surface area contributed by atoms with Gasteiger partial charge in [0.25, 0.3) is 0 Å². The summed E-state index contributed by atoms with van der Waals surface area (Å²) < 4.78 is 25.9. The number of hydrogen-bond donors (Lipinski definition) is 1. The van der Waals surface area contributed by atoms with Gasteiger partial charge < -0.3 is 0 Å². The van der Waals surface area contributed by atoms with Crippen LogP contribution in [0.25, 0.3) is 0 Å². The van der Waals surface area contributed by atoms with Crippen molar-refractivity contribution in [2.24, 2.45) is 0 Å². The number of sulfonamides is 1. The SMILES string of the molecule is C=CCNS(=O)(=O)c1cc(Cl)sc1Cl. The summed E-state index contributed by atoms with van der Waals surface area (Å²) in [7, 11) is -3.56. The minimum Gasteiger partial charge on any atom is -0.207 e. The first-order valence-electron chi connectivity index (χ1n) is 3.53. The van der Waals surface area contributed by atoms with Crippen LogP contribution in [0, 0.1) is 0 Å². The Bertz CT molecular complexity index is 439. The van der Waals surface area contributed by atoms with Crippen molar-refractivity contribution in [3.05, 3.63) is 27.4 Å². The molecule has 0 fully saturated rings. The van der Waals surface area contributed by atoms with Crippen LogP contribution < -0.4 is 4.72 Å². The van der Waals surface area contributed by atoms with Gasteiger partial charge in [0.15, 0.2) is 0 Å². The van der Waals surface area contributed by atoms with E-state index < -0.39 is 10.0 Å². The van der Waals surface area contributed by atoms with Gasteiger partial charge in [0.2, 0.25) is 10.0 Å². The van der Waals surface area contributed by atoms with Crippen molar-refractivity contribution >= 4 is 44.6 Å². The van der Waals surface area contributed by atoms with E-state index in [0.29, 0.717) is 4.34 Å². The average molecular weight is 272 g/mol.